The zero-order valence-electron chi connectivity index (χ0n) is 11.9. The first-order valence-electron chi connectivity index (χ1n) is 6.75. The van der Waals surface area contributed by atoms with Crippen molar-refractivity contribution in [2.24, 2.45) is 0 Å². The van der Waals surface area contributed by atoms with E-state index in [4.69, 9.17) is 12.2 Å². The molecule has 6 heteroatoms. The van der Waals surface area contributed by atoms with Crippen LogP contribution in [0.3, 0.4) is 0 Å². The normalized spacial score (nSPS) is 17.4. The van der Waals surface area contributed by atoms with Gasteiger partial charge in [-0.15, -0.1) is 11.3 Å². The van der Waals surface area contributed by atoms with Crippen LogP contribution in [0, 0.1) is 18.6 Å². The van der Waals surface area contributed by atoms with E-state index in [0.29, 0.717) is 4.77 Å². The average Bonchev–Trinajstić information content (AvgIpc) is 2.63. The van der Waals surface area contributed by atoms with Gasteiger partial charge in [0, 0.05) is 16.2 Å². The Labute approximate surface area is 131 Å². The molecule has 3 nitrogen and oxygen atoms in total. The standard InChI is InChI=1S/C14H18N2OS3/c1-8-9(2)20-11-10(8)12(17)16(13(18)15-11)7-14(19-3)5-4-6-14/h4-7H2,1-3H3,(H,15,18). The molecule has 1 fully saturated rings. The third-order valence-corrected chi connectivity index (χ3v) is 7.30. The summed E-state index contributed by atoms with van der Waals surface area (Å²) in [7, 11) is 0. The van der Waals surface area contributed by atoms with E-state index in [1.807, 2.05) is 18.7 Å². The van der Waals surface area contributed by atoms with Crippen LogP contribution in [0.2, 0.25) is 0 Å². The zero-order valence-corrected chi connectivity index (χ0v) is 14.4. The molecule has 3 rings (SSSR count). The van der Waals surface area contributed by atoms with Crippen LogP contribution in [0.1, 0.15) is 29.7 Å². The minimum atomic E-state index is 0.0749. The molecule has 1 N–H and O–H groups in total. The smallest absolute Gasteiger partial charge is 0.263 e. The fourth-order valence-corrected chi connectivity index (χ4v) is 5.11. The number of fused-ring (bicyclic) bond motifs is 1. The molecule has 0 atom stereocenters. The van der Waals surface area contributed by atoms with Crippen molar-refractivity contribution in [1.82, 2.24) is 9.55 Å². The molecule has 0 saturated heterocycles. The highest BCUT2D eigenvalue weighted by Crippen LogP contribution is 2.44. The van der Waals surface area contributed by atoms with Gasteiger partial charge in [-0.2, -0.15) is 11.8 Å². The van der Waals surface area contributed by atoms with Crippen molar-refractivity contribution in [1.29, 1.82) is 0 Å². The zero-order chi connectivity index (χ0) is 14.5. The van der Waals surface area contributed by atoms with Gasteiger partial charge in [0.05, 0.1) is 5.39 Å². The van der Waals surface area contributed by atoms with Crippen molar-refractivity contribution in [3.63, 3.8) is 0 Å². The molecule has 2 aromatic heterocycles. The third-order valence-electron chi connectivity index (χ3n) is 4.45. The lowest BCUT2D eigenvalue weighted by molar-refractivity contribution is 0.316. The maximum absolute atomic E-state index is 12.8. The van der Waals surface area contributed by atoms with Gasteiger partial charge in [-0.3, -0.25) is 9.36 Å². The molecule has 0 unspecified atom stereocenters. The van der Waals surface area contributed by atoms with E-state index in [2.05, 4.69) is 18.2 Å². The van der Waals surface area contributed by atoms with Gasteiger partial charge in [-0.05, 0) is 50.7 Å². The van der Waals surface area contributed by atoms with Crippen LogP contribution in [0.5, 0.6) is 0 Å². The Kier molecular flexibility index (Phi) is 3.59. The summed E-state index contributed by atoms with van der Waals surface area (Å²) >= 11 is 8.90. The number of hydrogen-bond donors (Lipinski definition) is 1. The summed E-state index contributed by atoms with van der Waals surface area (Å²) < 4.78 is 2.54. The predicted octanol–water partition coefficient (Wildman–Crippen LogP) is 4.02. The summed E-state index contributed by atoms with van der Waals surface area (Å²) in [6, 6.07) is 0. The molecule has 1 aliphatic carbocycles. The first-order valence-corrected chi connectivity index (χ1v) is 9.20. The minimum absolute atomic E-state index is 0.0749. The van der Waals surface area contributed by atoms with E-state index < -0.39 is 0 Å². The van der Waals surface area contributed by atoms with Gasteiger partial charge in [0.25, 0.3) is 5.56 Å². The van der Waals surface area contributed by atoms with E-state index in [-0.39, 0.29) is 10.3 Å². The van der Waals surface area contributed by atoms with Crippen LogP contribution in [-0.2, 0) is 6.54 Å². The molecule has 2 aromatic rings. The molecular formula is C14H18N2OS3. The Morgan fingerprint density at radius 1 is 1.45 bits per heavy atom. The number of aryl methyl sites for hydroxylation is 2. The van der Waals surface area contributed by atoms with Gasteiger partial charge in [-0.25, -0.2) is 0 Å². The molecule has 0 bridgehead atoms. The van der Waals surface area contributed by atoms with E-state index >= 15 is 0 Å². The summed E-state index contributed by atoms with van der Waals surface area (Å²) in [6.45, 7) is 4.80. The number of nitrogens with one attached hydrogen (secondary N) is 1. The fourth-order valence-electron chi connectivity index (χ4n) is 2.79. The predicted molar refractivity (Wildman–Crippen MR) is 90.8 cm³/mol. The van der Waals surface area contributed by atoms with Crippen molar-refractivity contribution in [3.05, 3.63) is 25.6 Å². The Morgan fingerprint density at radius 3 is 2.70 bits per heavy atom. The van der Waals surface area contributed by atoms with Crippen molar-refractivity contribution >= 4 is 45.5 Å². The van der Waals surface area contributed by atoms with Crippen molar-refractivity contribution < 1.29 is 0 Å². The molecule has 108 valence electrons. The average molecular weight is 327 g/mol. The number of thioether (sulfide) groups is 1. The summed E-state index contributed by atoms with van der Waals surface area (Å²) in [5.41, 5.74) is 1.16. The molecule has 0 aromatic carbocycles. The van der Waals surface area contributed by atoms with Crippen LogP contribution in [-0.4, -0.2) is 20.6 Å². The van der Waals surface area contributed by atoms with E-state index in [1.54, 1.807) is 15.9 Å². The van der Waals surface area contributed by atoms with Crippen LogP contribution in [0.25, 0.3) is 10.2 Å². The van der Waals surface area contributed by atoms with Gasteiger partial charge in [0.2, 0.25) is 0 Å². The van der Waals surface area contributed by atoms with E-state index in [1.165, 1.54) is 24.1 Å². The molecule has 0 amide bonds. The third kappa shape index (κ3) is 2.09. The second kappa shape index (κ2) is 5.00. The molecule has 20 heavy (non-hydrogen) atoms. The van der Waals surface area contributed by atoms with Crippen LogP contribution < -0.4 is 5.56 Å². The maximum Gasteiger partial charge on any atom is 0.263 e. The molecule has 1 saturated carbocycles. The van der Waals surface area contributed by atoms with Gasteiger partial charge >= 0.3 is 0 Å². The summed E-state index contributed by atoms with van der Waals surface area (Å²) in [4.78, 5) is 18.1. The first kappa shape index (κ1) is 14.4. The van der Waals surface area contributed by atoms with Crippen molar-refractivity contribution in [2.45, 2.75) is 44.4 Å². The van der Waals surface area contributed by atoms with Crippen molar-refractivity contribution in [3.8, 4) is 0 Å². The first-order chi connectivity index (χ1) is 9.47. The fraction of sp³-hybridized carbons (Fsp3) is 0.571. The number of hydrogen-bond acceptors (Lipinski definition) is 4. The molecule has 0 spiro atoms. The summed E-state index contributed by atoms with van der Waals surface area (Å²) in [6.07, 6.45) is 5.74. The summed E-state index contributed by atoms with van der Waals surface area (Å²) in [5, 5.41) is 0.816. The second-order valence-corrected chi connectivity index (χ2v) is 8.44. The Morgan fingerprint density at radius 2 is 2.15 bits per heavy atom. The van der Waals surface area contributed by atoms with Crippen molar-refractivity contribution in [2.75, 3.05) is 6.26 Å². The van der Waals surface area contributed by atoms with Gasteiger partial charge in [0.1, 0.15) is 4.83 Å². The van der Waals surface area contributed by atoms with Crippen LogP contribution in [0.4, 0.5) is 0 Å². The number of H-pyrrole nitrogens is 1. The second-order valence-electron chi connectivity index (χ2n) is 5.55. The lowest BCUT2D eigenvalue weighted by Gasteiger charge is -2.40. The van der Waals surface area contributed by atoms with E-state index in [9.17, 15) is 4.79 Å². The SMILES string of the molecule is CSC1(Cn2c(=S)[nH]c3sc(C)c(C)c3c2=O)CCC1. The maximum atomic E-state index is 12.8. The monoisotopic (exact) mass is 326 g/mol. The minimum Gasteiger partial charge on any atom is -0.323 e. The molecule has 1 aliphatic rings. The number of nitrogens with zero attached hydrogens (tertiary/aromatic N) is 1. The highest BCUT2D eigenvalue weighted by Gasteiger charge is 2.37. The lowest BCUT2D eigenvalue weighted by atomic mass is 9.84. The Balaban J connectivity index is 2.18. The van der Waals surface area contributed by atoms with Gasteiger partial charge < -0.3 is 4.98 Å². The Bertz CT molecular complexity index is 775. The largest absolute Gasteiger partial charge is 0.323 e. The highest BCUT2D eigenvalue weighted by molar-refractivity contribution is 8.00. The molecular weight excluding hydrogens is 308 g/mol. The molecule has 0 radical (unpaired) electrons. The Hall–Kier alpha value is -0.590. The number of aromatic amines is 1. The lowest BCUT2D eigenvalue weighted by Crippen LogP contribution is -2.41. The van der Waals surface area contributed by atoms with Gasteiger partial charge in [-0.1, -0.05) is 6.42 Å². The number of thiophene rings is 1. The van der Waals surface area contributed by atoms with Crippen LogP contribution >= 0.6 is 35.3 Å². The van der Waals surface area contributed by atoms with Gasteiger partial charge in [0.15, 0.2) is 4.77 Å². The highest BCUT2D eigenvalue weighted by atomic mass is 32.2. The summed E-state index contributed by atoms with van der Waals surface area (Å²) in [5.74, 6) is 0. The number of aromatic nitrogens is 2. The topological polar surface area (TPSA) is 37.8 Å². The van der Waals surface area contributed by atoms with Crippen LogP contribution in [0.15, 0.2) is 4.79 Å². The number of rotatable bonds is 3. The molecule has 2 heterocycles. The molecule has 0 aliphatic heterocycles. The van der Waals surface area contributed by atoms with E-state index in [0.717, 1.165) is 22.3 Å². The quantitative estimate of drug-likeness (QED) is 0.866.